The highest BCUT2D eigenvalue weighted by molar-refractivity contribution is 7.90. The number of unbranched alkanes of at least 4 members (excludes halogenated alkanes) is 3. The van der Waals surface area contributed by atoms with Crippen LogP contribution in [0.1, 0.15) is 64.7 Å². The summed E-state index contributed by atoms with van der Waals surface area (Å²) in [5, 5.41) is 0. The quantitative estimate of drug-likeness (QED) is 0.399. The Hall–Kier alpha value is -1.15. The molecule has 0 spiro atoms. The van der Waals surface area contributed by atoms with Crippen molar-refractivity contribution >= 4 is 15.9 Å². The van der Waals surface area contributed by atoms with Gasteiger partial charge in [-0.25, -0.2) is 0 Å². The zero-order valence-corrected chi connectivity index (χ0v) is 20.0. The Balaban J connectivity index is 1.23. The van der Waals surface area contributed by atoms with Gasteiger partial charge in [-0.05, 0) is 76.1 Å². The molecule has 0 atom stereocenters. The number of piperidine rings is 1. The third kappa shape index (κ3) is 9.08. The van der Waals surface area contributed by atoms with E-state index in [-0.39, 0.29) is 6.10 Å². The van der Waals surface area contributed by atoms with Gasteiger partial charge in [-0.15, -0.1) is 0 Å². The Morgan fingerprint density at radius 2 is 1.71 bits per heavy atom. The van der Waals surface area contributed by atoms with E-state index in [1.165, 1.54) is 62.5 Å². The maximum absolute atomic E-state index is 12.5. The fraction of sp³-hybridized carbons (Fsp3) is 0.750. The second-order valence-electron chi connectivity index (χ2n) is 9.10. The molecule has 1 aromatic rings. The molecule has 1 N–H and O–H groups in total. The fourth-order valence-corrected chi connectivity index (χ4v) is 5.53. The van der Waals surface area contributed by atoms with Gasteiger partial charge < -0.3 is 9.64 Å². The maximum atomic E-state index is 12.5. The van der Waals surface area contributed by atoms with Crippen LogP contribution in [0.2, 0.25) is 0 Å². The predicted octanol–water partition coefficient (Wildman–Crippen LogP) is 4.51. The molecule has 2 fully saturated rings. The summed E-state index contributed by atoms with van der Waals surface area (Å²) in [7, 11) is -3.49. The van der Waals surface area contributed by atoms with Gasteiger partial charge in [-0.3, -0.25) is 4.72 Å². The number of nitrogens with zero attached hydrogens (tertiary/aromatic N) is 2. The molecule has 0 amide bonds. The Labute approximate surface area is 189 Å². The summed E-state index contributed by atoms with van der Waals surface area (Å²) in [6.45, 7) is 7.90. The van der Waals surface area contributed by atoms with Gasteiger partial charge in [0.25, 0.3) is 0 Å². The molecule has 0 aromatic heterocycles. The van der Waals surface area contributed by atoms with Crippen molar-refractivity contribution in [3.8, 4) is 0 Å². The Bertz CT molecular complexity index is 717. The lowest BCUT2D eigenvalue weighted by Crippen LogP contribution is -2.43. The smallest absolute Gasteiger partial charge is 0.301 e. The molecule has 1 heterocycles. The van der Waals surface area contributed by atoms with Crippen molar-refractivity contribution in [1.82, 2.24) is 9.21 Å². The number of benzene rings is 1. The highest BCUT2D eigenvalue weighted by Gasteiger charge is 2.28. The summed E-state index contributed by atoms with van der Waals surface area (Å²) in [5.74, 6) is 0.982. The monoisotopic (exact) mass is 451 g/mol. The van der Waals surface area contributed by atoms with E-state index in [4.69, 9.17) is 4.74 Å². The molecule has 0 bridgehead atoms. The zero-order valence-electron chi connectivity index (χ0n) is 19.2. The van der Waals surface area contributed by atoms with E-state index in [0.29, 0.717) is 18.8 Å². The molecule has 31 heavy (non-hydrogen) atoms. The van der Waals surface area contributed by atoms with Gasteiger partial charge >= 0.3 is 10.2 Å². The van der Waals surface area contributed by atoms with E-state index < -0.39 is 10.2 Å². The van der Waals surface area contributed by atoms with Crippen LogP contribution in [-0.4, -0.2) is 63.1 Å². The van der Waals surface area contributed by atoms with Gasteiger partial charge in [0.05, 0.1) is 6.10 Å². The predicted molar refractivity (Wildman–Crippen MR) is 127 cm³/mol. The first-order chi connectivity index (χ1) is 15.1. The van der Waals surface area contributed by atoms with E-state index >= 15 is 0 Å². The van der Waals surface area contributed by atoms with E-state index in [0.717, 1.165) is 31.8 Å². The minimum absolute atomic E-state index is 0.182. The third-order valence-corrected chi connectivity index (χ3v) is 7.78. The lowest BCUT2D eigenvalue weighted by Gasteiger charge is -2.31. The van der Waals surface area contributed by atoms with Gasteiger partial charge in [-0.2, -0.15) is 12.7 Å². The third-order valence-electron chi connectivity index (χ3n) is 6.24. The number of ether oxygens (including phenoxy) is 1. The molecule has 6 nitrogen and oxygen atoms in total. The Morgan fingerprint density at radius 1 is 1.00 bits per heavy atom. The van der Waals surface area contributed by atoms with Crippen LogP contribution in [0.15, 0.2) is 30.3 Å². The largest absolute Gasteiger partial charge is 0.378 e. The average Bonchev–Trinajstić information content (AvgIpc) is 3.58. The molecule has 3 rings (SSSR count). The van der Waals surface area contributed by atoms with Crippen LogP contribution >= 0.6 is 0 Å². The van der Waals surface area contributed by atoms with Gasteiger partial charge in [-0.1, -0.05) is 38.0 Å². The summed E-state index contributed by atoms with van der Waals surface area (Å²) < 4.78 is 35.3. The first-order valence-electron chi connectivity index (χ1n) is 12.2. The molecule has 176 valence electrons. The summed E-state index contributed by atoms with van der Waals surface area (Å²) in [4.78, 5) is 2.66. The molecular formula is C24H41N3O3S. The van der Waals surface area contributed by atoms with Crippen LogP contribution < -0.4 is 4.72 Å². The molecular weight excluding hydrogens is 410 g/mol. The van der Waals surface area contributed by atoms with Gasteiger partial charge in [0, 0.05) is 31.9 Å². The first-order valence-corrected chi connectivity index (χ1v) is 13.7. The standard InChI is InChI=1S/C24H41N3O3S/c1-2-16-26(21-22-12-13-22)17-8-3-4-9-20-30-24-14-18-27(19-15-24)31(28,29)25-23-10-6-5-7-11-23/h5-7,10-11,22,24-25H,2-4,8-9,12-21H2,1H3. The summed E-state index contributed by atoms with van der Waals surface area (Å²) >= 11 is 0. The topological polar surface area (TPSA) is 61.9 Å². The molecule has 1 saturated carbocycles. The molecule has 1 saturated heterocycles. The van der Waals surface area contributed by atoms with Crippen molar-refractivity contribution in [2.45, 2.75) is 70.8 Å². The summed E-state index contributed by atoms with van der Waals surface area (Å²) in [5.41, 5.74) is 0.603. The fourth-order valence-electron chi connectivity index (χ4n) is 4.28. The second kappa shape index (κ2) is 12.8. The maximum Gasteiger partial charge on any atom is 0.301 e. The number of nitrogens with one attached hydrogen (secondary N) is 1. The van der Waals surface area contributed by atoms with Crippen molar-refractivity contribution in [3.63, 3.8) is 0 Å². The van der Waals surface area contributed by atoms with Crippen LogP contribution in [0.25, 0.3) is 0 Å². The number of para-hydroxylation sites is 1. The van der Waals surface area contributed by atoms with Gasteiger partial charge in [0.15, 0.2) is 0 Å². The van der Waals surface area contributed by atoms with Crippen molar-refractivity contribution < 1.29 is 13.2 Å². The molecule has 1 aliphatic carbocycles. The molecule has 0 radical (unpaired) electrons. The number of anilines is 1. The summed E-state index contributed by atoms with van der Waals surface area (Å²) in [6.07, 6.45) is 10.7. The summed E-state index contributed by atoms with van der Waals surface area (Å²) in [6, 6.07) is 9.06. The second-order valence-corrected chi connectivity index (χ2v) is 10.8. The number of hydrogen-bond donors (Lipinski definition) is 1. The van der Waals surface area contributed by atoms with Crippen molar-refractivity contribution in [2.75, 3.05) is 44.1 Å². The molecule has 1 aliphatic heterocycles. The van der Waals surface area contributed by atoms with E-state index in [1.54, 1.807) is 12.1 Å². The number of hydrogen-bond acceptors (Lipinski definition) is 4. The van der Waals surface area contributed by atoms with E-state index in [2.05, 4.69) is 16.5 Å². The van der Waals surface area contributed by atoms with E-state index in [9.17, 15) is 8.42 Å². The molecule has 7 heteroatoms. The van der Waals surface area contributed by atoms with Gasteiger partial charge in [0.1, 0.15) is 0 Å². The highest BCUT2D eigenvalue weighted by Crippen LogP contribution is 2.29. The highest BCUT2D eigenvalue weighted by atomic mass is 32.2. The van der Waals surface area contributed by atoms with Crippen molar-refractivity contribution in [1.29, 1.82) is 0 Å². The molecule has 1 aromatic carbocycles. The molecule has 0 unspecified atom stereocenters. The lowest BCUT2D eigenvalue weighted by atomic mass is 10.1. The first kappa shape index (κ1) is 24.5. The zero-order chi connectivity index (χ0) is 21.9. The number of rotatable bonds is 15. The van der Waals surface area contributed by atoms with Crippen LogP contribution in [0.3, 0.4) is 0 Å². The van der Waals surface area contributed by atoms with E-state index in [1.807, 2.05) is 18.2 Å². The Kier molecular flexibility index (Phi) is 10.1. The normalized spacial score (nSPS) is 18.5. The van der Waals surface area contributed by atoms with Crippen LogP contribution in [0, 0.1) is 5.92 Å². The van der Waals surface area contributed by atoms with Crippen molar-refractivity contribution in [2.24, 2.45) is 5.92 Å². The molecule has 2 aliphatic rings. The van der Waals surface area contributed by atoms with Crippen LogP contribution in [-0.2, 0) is 14.9 Å². The minimum Gasteiger partial charge on any atom is -0.378 e. The SMILES string of the molecule is CCCN(CCCCCCOC1CCN(S(=O)(=O)Nc2ccccc2)CC1)CC1CC1. The van der Waals surface area contributed by atoms with Gasteiger partial charge in [0.2, 0.25) is 0 Å². The van der Waals surface area contributed by atoms with Crippen LogP contribution in [0.5, 0.6) is 0 Å². The minimum atomic E-state index is -3.49. The average molecular weight is 452 g/mol. The van der Waals surface area contributed by atoms with Crippen molar-refractivity contribution in [3.05, 3.63) is 30.3 Å². The van der Waals surface area contributed by atoms with Crippen LogP contribution in [0.4, 0.5) is 5.69 Å². The Morgan fingerprint density at radius 3 is 2.39 bits per heavy atom. The lowest BCUT2D eigenvalue weighted by molar-refractivity contribution is 0.0193.